The van der Waals surface area contributed by atoms with Crippen LogP contribution in [0.1, 0.15) is 13.8 Å². The van der Waals surface area contributed by atoms with Crippen molar-refractivity contribution in [1.82, 2.24) is 29.4 Å². The van der Waals surface area contributed by atoms with Crippen molar-refractivity contribution in [3.05, 3.63) is 0 Å². The van der Waals surface area contributed by atoms with Gasteiger partial charge < -0.3 is 9.47 Å². The van der Waals surface area contributed by atoms with Crippen molar-refractivity contribution in [3.8, 4) is 0 Å². The number of carbonyl (C=O) groups is 4. The minimum Gasteiger partial charge on any atom is -0.379 e. The highest BCUT2D eigenvalue weighted by Crippen LogP contribution is 2.18. The summed E-state index contributed by atoms with van der Waals surface area (Å²) in [7, 11) is 0. The first-order chi connectivity index (χ1) is 16.3. The second kappa shape index (κ2) is 11.2. The van der Waals surface area contributed by atoms with Crippen molar-refractivity contribution >= 4 is 23.6 Å². The number of hydrogen-bond acceptors (Lipinski definition) is 10. The van der Waals surface area contributed by atoms with Crippen LogP contribution in [0.4, 0.5) is 0 Å². The fourth-order valence-corrected chi connectivity index (χ4v) is 4.81. The van der Waals surface area contributed by atoms with E-state index in [2.05, 4.69) is 9.80 Å². The topological polar surface area (TPSA) is 106 Å². The van der Waals surface area contributed by atoms with Gasteiger partial charge in [0.1, 0.15) is 0 Å². The maximum Gasteiger partial charge on any atom is 0.244 e. The number of rotatable bonds is 7. The molecule has 0 bridgehead atoms. The zero-order valence-electron chi connectivity index (χ0n) is 20.2. The molecule has 0 aromatic heterocycles. The van der Waals surface area contributed by atoms with Crippen LogP contribution in [0.2, 0.25) is 0 Å². The predicted octanol–water partition coefficient (Wildman–Crippen LogP) is -2.32. The van der Waals surface area contributed by atoms with Crippen LogP contribution in [0.3, 0.4) is 0 Å². The Kier molecular flexibility index (Phi) is 8.27. The highest BCUT2D eigenvalue weighted by Gasteiger charge is 2.40. The zero-order valence-corrected chi connectivity index (χ0v) is 20.2. The number of ether oxygens (including phenoxy) is 2. The average molecular weight is 481 g/mol. The lowest BCUT2D eigenvalue weighted by Crippen LogP contribution is -2.64. The van der Waals surface area contributed by atoms with Crippen LogP contribution in [0.25, 0.3) is 0 Å². The Balaban J connectivity index is 1.30. The number of hydrogen-bond donors (Lipinski definition) is 0. The highest BCUT2D eigenvalue weighted by atomic mass is 16.5. The first-order valence-electron chi connectivity index (χ1n) is 12.1. The Morgan fingerprint density at radius 1 is 0.588 bits per heavy atom. The quantitative estimate of drug-likeness (QED) is 0.369. The Hall–Kier alpha value is -1.96. The molecule has 4 amide bonds. The standard InChI is InChI=1S/C22H36N6O6/c1-17(25-11-19(29)27(20(30)12-25)15-23-3-7-33-8-4-23)18(2)26-13-21(31)28(22(32)14-26)16-24-5-9-34-10-6-24/h17-18H,3-16H2,1-2H3. The molecule has 4 aliphatic heterocycles. The van der Waals surface area contributed by atoms with Crippen molar-refractivity contribution in [2.75, 3.05) is 92.1 Å². The molecule has 190 valence electrons. The van der Waals surface area contributed by atoms with E-state index in [0.717, 1.165) is 0 Å². The molecule has 34 heavy (non-hydrogen) atoms. The van der Waals surface area contributed by atoms with Crippen LogP contribution in [0.5, 0.6) is 0 Å². The number of amides is 4. The lowest BCUT2D eigenvalue weighted by molar-refractivity contribution is -0.160. The third-order valence-electron chi connectivity index (χ3n) is 7.30. The van der Waals surface area contributed by atoms with Gasteiger partial charge >= 0.3 is 0 Å². The van der Waals surface area contributed by atoms with Gasteiger partial charge in [-0.1, -0.05) is 0 Å². The molecule has 0 aromatic rings. The zero-order chi connectivity index (χ0) is 24.2. The molecule has 12 heteroatoms. The molecule has 2 atom stereocenters. The number of nitrogens with zero attached hydrogens (tertiary/aromatic N) is 6. The molecule has 0 saturated carbocycles. The molecule has 0 N–H and O–H groups in total. The molecule has 12 nitrogen and oxygen atoms in total. The van der Waals surface area contributed by atoms with E-state index in [1.54, 1.807) is 0 Å². The first kappa shape index (κ1) is 25.1. The summed E-state index contributed by atoms with van der Waals surface area (Å²) in [5.74, 6) is -0.873. The fraction of sp³-hybridized carbons (Fsp3) is 0.818. The molecule has 4 fully saturated rings. The van der Waals surface area contributed by atoms with Crippen LogP contribution in [0.15, 0.2) is 0 Å². The van der Waals surface area contributed by atoms with Gasteiger partial charge in [-0.3, -0.25) is 48.6 Å². The molecular weight excluding hydrogens is 444 g/mol. The molecule has 0 aliphatic carbocycles. The first-order valence-corrected chi connectivity index (χ1v) is 12.1. The number of morpholine rings is 2. The number of piperazine rings is 2. The van der Waals surface area contributed by atoms with Crippen LogP contribution < -0.4 is 0 Å². The van der Waals surface area contributed by atoms with Crippen molar-refractivity contribution < 1.29 is 28.7 Å². The van der Waals surface area contributed by atoms with Crippen molar-refractivity contribution in [1.29, 1.82) is 0 Å². The van der Waals surface area contributed by atoms with E-state index in [-0.39, 0.29) is 61.9 Å². The maximum atomic E-state index is 12.8. The Bertz CT molecular complexity index is 684. The largest absolute Gasteiger partial charge is 0.379 e. The average Bonchev–Trinajstić information content (AvgIpc) is 2.83. The molecule has 0 spiro atoms. The van der Waals surface area contributed by atoms with Gasteiger partial charge in [-0.15, -0.1) is 0 Å². The van der Waals surface area contributed by atoms with Gasteiger partial charge in [0.25, 0.3) is 0 Å². The van der Waals surface area contributed by atoms with Crippen LogP contribution in [0, 0.1) is 0 Å². The SMILES string of the molecule is CC(C(C)N1CC(=O)N(CN2CCOCC2)C(=O)C1)N1CC(=O)N(CN2CCOCC2)C(=O)C1. The summed E-state index contributed by atoms with van der Waals surface area (Å²) in [6, 6.07) is -0.352. The molecule has 4 heterocycles. The molecule has 4 saturated heterocycles. The summed E-state index contributed by atoms with van der Waals surface area (Å²) in [5.41, 5.74) is 0. The van der Waals surface area contributed by atoms with Crippen LogP contribution in [-0.2, 0) is 28.7 Å². The van der Waals surface area contributed by atoms with E-state index in [9.17, 15) is 19.2 Å². The molecule has 4 rings (SSSR count). The van der Waals surface area contributed by atoms with E-state index >= 15 is 0 Å². The number of imide groups is 2. The Morgan fingerprint density at radius 3 is 1.18 bits per heavy atom. The summed E-state index contributed by atoms with van der Waals surface area (Å²) in [6.07, 6.45) is 0. The molecule has 2 unspecified atom stereocenters. The lowest BCUT2D eigenvalue weighted by Gasteiger charge is -2.44. The van der Waals surface area contributed by atoms with Gasteiger partial charge in [-0.2, -0.15) is 0 Å². The van der Waals surface area contributed by atoms with Crippen molar-refractivity contribution in [2.45, 2.75) is 25.9 Å². The third-order valence-corrected chi connectivity index (χ3v) is 7.30. The maximum absolute atomic E-state index is 12.8. The summed E-state index contributed by atoms with van der Waals surface area (Å²) < 4.78 is 10.7. The third kappa shape index (κ3) is 5.81. The normalized spacial score (nSPS) is 26.9. The summed E-state index contributed by atoms with van der Waals surface area (Å²) in [4.78, 5) is 61.6. The van der Waals surface area contributed by atoms with E-state index in [0.29, 0.717) is 65.9 Å². The molecule has 4 aliphatic rings. The van der Waals surface area contributed by atoms with Gasteiger partial charge in [-0.05, 0) is 13.8 Å². The van der Waals surface area contributed by atoms with Crippen molar-refractivity contribution in [2.24, 2.45) is 0 Å². The molecule has 0 radical (unpaired) electrons. The highest BCUT2D eigenvalue weighted by molar-refractivity contribution is 6.00. The van der Waals surface area contributed by atoms with Gasteiger partial charge in [0, 0.05) is 38.3 Å². The molecule has 0 aromatic carbocycles. The second-order valence-electron chi connectivity index (χ2n) is 9.47. The Labute approximate surface area is 200 Å². The van der Waals surface area contributed by atoms with Crippen molar-refractivity contribution in [3.63, 3.8) is 0 Å². The second-order valence-corrected chi connectivity index (χ2v) is 9.47. The molecular formula is C22H36N6O6. The summed E-state index contributed by atoms with van der Waals surface area (Å²) in [5, 5.41) is 0. The minimum atomic E-state index is -0.218. The van der Waals surface area contributed by atoms with E-state index < -0.39 is 0 Å². The van der Waals surface area contributed by atoms with E-state index in [4.69, 9.17) is 9.47 Å². The van der Waals surface area contributed by atoms with Gasteiger partial charge in [0.15, 0.2) is 0 Å². The predicted molar refractivity (Wildman–Crippen MR) is 120 cm³/mol. The smallest absolute Gasteiger partial charge is 0.244 e. The number of carbonyl (C=O) groups excluding carboxylic acids is 4. The van der Waals surface area contributed by atoms with Gasteiger partial charge in [0.2, 0.25) is 23.6 Å². The van der Waals surface area contributed by atoms with Gasteiger partial charge in [0.05, 0.1) is 65.9 Å². The van der Waals surface area contributed by atoms with Crippen LogP contribution in [-0.4, -0.2) is 157 Å². The summed E-state index contributed by atoms with van der Waals surface area (Å²) >= 11 is 0. The fourth-order valence-electron chi connectivity index (χ4n) is 4.81. The minimum absolute atomic E-state index is 0.139. The Morgan fingerprint density at radius 2 is 0.882 bits per heavy atom. The van der Waals surface area contributed by atoms with Gasteiger partial charge in [-0.25, -0.2) is 0 Å². The van der Waals surface area contributed by atoms with E-state index in [1.165, 1.54) is 9.80 Å². The monoisotopic (exact) mass is 480 g/mol. The van der Waals surface area contributed by atoms with Crippen LogP contribution >= 0.6 is 0 Å². The summed E-state index contributed by atoms with van der Waals surface area (Å²) in [6.45, 7) is 10.3. The van der Waals surface area contributed by atoms with E-state index in [1.807, 2.05) is 23.6 Å². The lowest BCUT2D eigenvalue weighted by atomic mass is 10.1.